The van der Waals surface area contributed by atoms with Gasteiger partial charge in [-0.3, -0.25) is 4.79 Å². The van der Waals surface area contributed by atoms with Gasteiger partial charge in [-0.15, -0.1) is 0 Å². The van der Waals surface area contributed by atoms with E-state index < -0.39 is 0 Å². The molecule has 3 aromatic rings. The van der Waals surface area contributed by atoms with E-state index in [1.54, 1.807) is 0 Å². The molecule has 28 heavy (non-hydrogen) atoms. The number of piperidine rings is 1. The normalized spacial score (nSPS) is 16.9. The zero-order chi connectivity index (χ0) is 18.9. The first kappa shape index (κ1) is 17.3. The second-order valence-electron chi connectivity index (χ2n) is 7.83. The van der Waals surface area contributed by atoms with Gasteiger partial charge < -0.3 is 14.6 Å². The van der Waals surface area contributed by atoms with Gasteiger partial charge in [-0.2, -0.15) is 0 Å². The van der Waals surface area contributed by atoms with Crippen molar-refractivity contribution in [2.75, 3.05) is 19.7 Å². The number of benzene rings is 2. The van der Waals surface area contributed by atoms with Crippen LogP contribution in [0.3, 0.4) is 0 Å². The third kappa shape index (κ3) is 3.37. The quantitative estimate of drug-likeness (QED) is 0.754. The van der Waals surface area contributed by atoms with Crippen LogP contribution in [-0.2, 0) is 17.6 Å². The summed E-state index contributed by atoms with van der Waals surface area (Å²) in [5.74, 6) is 2.74. The van der Waals surface area contributed by atoms with Crippen LogP contribution < -0.4 is 4.74 Å². The summed E-state index contributed by atoms with van der Waals surface area (Å²) >= 11 is 0. The lowest BCUT2D eigenvalue weighted by atomic mass is 9.95. The fourth-order valence-electron chi connectivity index (χ4n) is 4.37. The number of nitrogens with one attached hydrogen (secondary N) is 1. The lowest BCUT2D eigenvalue weighted by Crippen LogP contribution is -2.38. The van der Waals surface area contributed by atoms with Crippen LogP contribution in [0.2, 0.25) is 0 Å². The predicted molar refractivity (Wildman–Crippen MR) is 109 cm³/mol. The van der Waals surface area contributed by atoms with E-state index in [9.17, 15) is 4.79 Å². The molecular weight excluding hydrogens is 350 g/mol. The number of aromatic nitrogens is 2. The Morgan fingerprint density at radius 1 is 1.18 bits per heavy atom. The van der Waals surface area contributed by atoms with E-state index in [-0.39, 0.29) is 5.91 Å². The Hall–Kier alpha value is -2.82. The Morgan fingerprint density at radius 3 is 2.89 bits per heavy atom. The molecule has 1 amide bonds. The summed E-state index contributed by atoms with van der Waals surface area (Å²) in [7, 11) is 0. The van der Waals surface area contributed by atoms with Crippen LogP contribution in [0, 0.1) is 0 Å². The molecule has 0 aliphatic carbocycles. The molecular formula is C23H25N3O2. The number of ether oxygens (including phenoxy) is 1. The average molecular weight is 375 g/mol. The molecule has 2 aromatic carbocycles. The Balaban J connectivity index is 1.15. The molecule has 2 aliphatic rings. The van der Waals surface area contributed by atoms with Crippen molar-refractivity contribution in [2.45, 2.75) is 38.0 Å². The number of rotatable bonds is 4. The standard InChI is InChI=1S/C23H25N3O2/c27-22(8-6-16-5-7-21-18(15-16)11-14-28-21)26-12-9-17(10-13-26)23-24-19-3-1-2-4-20(19)25-23/h1-5,7,15,17H,6,8-14H2,(H,24,25). The van der Waals surface area contributed by atoms with Crippen molar-refractivity contribution in [2.24, 2.45) is 0 Å². The Bertz CT molecular complexity index is 969. The van der Waals surface area contributed by atoms with Gasteiger partial charge in [-0.1, -0.05) is 24.3 Å². The summed E-state index contributed by atoms with van der Waals surface area (Å²) in [5, 5.41) is 0. The van der Waals surface area contributed by atoms with Crippen molar-refractivity contribution >= 4 is 16.9 Å². The van der Waals surface area contributed by atoms with Crippen molar-refractivity contribution in [3.8, 4) is 5.75 Å². The Labute approximate surface area is 164 Å². The van der Waals surface area contributed by atoms with E-state index in [4.69, 9.17) is 9.72 Å². The number of carbonyl (C=O) groups excluding carboxylic acids is 1. The molecule has 0 unspecified atom stereocenters. The highest BCUT2D eigenvalue weighted by Crippen LogP contribution is 2.29. The number of aryl methyl sites for hydroxylation is 1. The zero-order valence-electron chi connectivity index (χ0n) is 16.0. The molecule has 5 rings (SSSR count). The maximum absolute atomic E-state index is 12.7. The van der Waals surface area contributed by atoms with Crippen LogP contribution in [-0.4, -0.2) is 40.5 Å². The molecule has 144 valence electrons. The van der Waals surface area contributed by atoms with Gasteiger partial charge in [0.05, 0.1) is 17.6 Å². The first-order chi connectivity index (χ1) is 13.8. The summed E-state index contributed by atoms with van der Waals surface area (Å²) in [6.45, 7) is 2.41. The second-order valence-corrected chi connectivity index (χ2v) is 7.83. The highest BCUT2D eigenvalue weighted by atomic mass is 16.5. The van der Waals surface area contributed by atoms with E-state index in [2.05, 4.69) is 23.2 Å². The van der Waals surface area contributed by atoms with Gasteiger partial charge in [-0.25, -0.2) is 4.98 Å². The first-order valence-corrected chi connectivity index (χ1v) is 10.2. The number of H-pyrrole nitrogens is 1. The number of imidazole rings is 1. The Kier molecular flexibility index (Phi) is 4.51. The second kappa shape index (κ2) is 7.30. The highest BCUT2D eigenvalue weighted by molar-refractivity contribution is 5.77. The molecule has 0 bridgehead atoms. The third-order valence-electron chi connectivity index (χ3n) is 6.02. The molecule has 5 heteroatoms. The number of likely N-dealkylation sites (tertiary alicyclic amines) is 1. The lowest BCUT2D eigenvalue weighted by Gasteiger charge is -2.31. The number of aromatic amines is 1. The van der Waals surface area contributed by atoms with E-state index in [1.807, 2.05) is 29.2 Å². The van der Waals surface area contributed by atoms with Gasteiger partial charge in [0.15, 0.2) is 0 Å². The van der Waals surface area contributed by atoms with E-state index in [1.165, 1.54) is 11.1 Å². The van der Waals surface area contributed by atoms with Gasteiger partial charge in [0.1, 0.15) is 11.6 Å². The molecule has 1 N–H and O–H groups in total. The molecule has 3 heterocycles. The third-order valence-corrected chi connectivity index (χ3v) is 6.02. The first-order valence-electron chi connectivity index (χ1n) is 10.2. The van der Waals surface area contributed by atoms with Crippen molar-refractivity contribution in [3.05, 3.63) is 59.4 Å². The molecule has 0 atom stereocenters. The molecule has 1 saturated heterocycles. The molecule has 0 saturated carbocycles. The minimum absolute atomic E-state index is 0.264. The summed E-state index contributed by atoms with van der Waals surface area (Å²) < 4.78 is 5.56. The summed E-state index contributed by atoms with van der Waals surface area (Å²) in [6, 6.07) is 14.5. The van der Waals surface area contributed by atoms with Crippen LogP contribution in [0.4, 0.5) is 0 Å². The minimum Gasteiger partial charge on any atom is -0.493 e. The summed E-state index contributed by atoms with van der Waals surface area (Å²) in [6.07, 6.45) is 4.31. The topological polar surface area (TPSA) is 58.2 Å². The largest absolute Gasteiger partial charge is 0.493 e. The van der Waals surface area contributed by atoms with Gasteiger partial charge >= 0.3 is 0 Å². The molecule has 5 nitrogen and oxygen atoms in total. The van der Waals surface area contributed by atoms with E-state index >= 15 is 0 Å². The van der Waals surface area contributed by atoms with Crippen LogP contribution >= 0.6 is 0 Å². The van der Waals surface area contributed by atoms with Crippen LogP contribution in [0.15, 0.2) is 42.5 Å². The maximum Gasteiger partial charge on any atom is 0.222 e. The minimum atomic E-state index is 0.264. The van der Waals surface area contributed by atoms with E-state index in [0.29, 0.717) is 12.3 Å². The molecule has 1 fully saturated rings. The fourth-order valence-corrected chi connectivity index (χ4v) is 4.37. The number of fused-ring (bicyclic) bond motifs is 2. The van der Waals surface area contributed by atoms with Gasteiger partial charge in [0.2, 0.25) is 5.91 Å². The molecule has 0 radical (unpaired) electrons. The number of hydrogen-bond donors (Lipinski definition) is 1. The molecule has 1 aromatic heterocycles. The van der Waals surface area contributed by atoms with Gasteiger partial charge in [0, 0.05) is 31.8 Å². The van der Waals surface area contributed by atoms with Crippen LogP contribution in [0.25, 0.3) is 11.0 Å². The smallest absolute Gasteiger partial charge is 0.222 e. The number of nitrogens with zero attached hydrogens (tertiary/aromatic N) is 2. The van der Waals surface area contributed by atoms with Gasteiger partial charge in [-0.05, 0) is 48.6 Å². The number of carbonyl (C=O) groups is 1. The molecule has 0 spiro atoms. The SMILES string of the molecule is O=C(CCc1ccc2c(c1)CCO2)N1CCC(c2nc3ccccc3[nH]2)CC1. The fraction of sp³-hybridized carbons (Fsp3) is 0.391. The van der Waals surface area contributed by atoms with Crippen molar-refractivity contribution in [1.29, 1.82) is 0 Å². The Morgan fingerprint density at radius 2 is 2.04 bits per heavy atom. The number of para-hydroxylation sites is 2. The number of hydrogen-bond acceptors (Lipinski definition) is 3. The van der Waals surface area contributed by atoms with E-state index in [0.717, 1.165) is 68.0 Å². The number of amides is 1. The maximum atomic E-state index is 12.7. The van der Waals surface area contributed by atoms with Gasteiger partial charge in [0.25, 0.3) is 0 Å². The van der Waals surface area contributed by atoms with Crippen molar-refractivity contribution in [1.82, 2.24) is 14.9 Å². The van der Waals surface area contributed by atoms with Crippen LogP contribution in [0.5, 0.6) is 5.75 Å². The highest BCUT2D eigenvalue weighted by Gasteiger charge is 2.25. The van der Waals surface area contributed by atoms with Crippen LogP contribution in [0.1, 0.15) is 42.1 Å². The molecule has 2 aliphatic heterocycles. The zero-order valence-corrected chi connectivity index (χ0v) is 16.0. The monoisotopic (exact) mass is 375 g/mol. The van der Waals surface area contributed by atoms with Crippen molar-refractivity contribution < 1.29 is 9.53 Å². The van der Waals surface area contributed by atoms with Crippen molar-refractivity contribution in [3.63, 3.8) is 0 Å². The lowest BCUT2D eigenvalue weighted by molar-refractivity contribution is -0.132. The summed E-state index contributed by atoms with van der Waals surface area (Å²) in [4.78, 5) is 22.9. The average Bonchev–Trinajstić information content (AvgIpc) is 3.38. The summed E-state index contributed by atoms with van der Waals surface area (Å²) in [5.41, 5.74) is 4.62. The predicted octanol–water partition coefficient (Wildman–Crippen LogP) is 3.84.